The van der Waals surface area contributed by atoms with Crippen molar-refractivity contribution in [3.8, 4) is 0 Å². The molecule has 0 radical (unpaired) electrons. The Bertz CT molecular complexity index is 1270. The molecule has 146 valence electrons. The molecule has 5 aromatic rings. The van der Waals surface area contributed by atoms with Gasteiger partial charge in [0.05, 0.1) is 0 Å². The number of hydrogen-bond donors (Lipinski definition) is 0. The van der Waals surface area contributed by atoms with Crippen LogP contribution >= 0.6 is 0 Å². The van der Waals surface area contributed by atoms with Crippen LogP contribution in [0.3, 0.4) is 0 Å². The van der Waals surface area contributed by atoms with E-state index >= 15 is 0 Å². The Morgan fingerprint density at radius 1 is 0.586 bits per heavy atom. The van der Waals surface area contributed by atoms with E-state index in [-0.39, 0.29) is 0 Å². The number of aryl methyl sites for hydroxylation is 1. The molecule has 0 N–H and O–H groups in total. The van der Waals surface area contributed by atoms with Gasteiger partial charge in [-0.3, -0.25) is 0 Å². The summed E-state index contributed by atoms with van der Waals surface area (Å²) in [5.41, 5.74) is 1.31. The highest BCUT2D eigenvalue weighted by molar-refractivity contribution is 6.60. The standard InChI is InChI=1S/C25H24O3Si/c1-26-29(27-2,28-3)16-15-17-13-14-23-21-11-5-8-18-7-4-10-20(24(18)21)22-12-6-9-19(17)25(22)23/h4-14H,15-16H2,1-3H3. The van der Waals surface area contributed by atoms with Gasteiger partial charge in [-0.1, -0.05) is 66.7 Å². The number of benzene rings is 5. The average molecular weight is 401 g/mol. The van der Waals surface area contributed by atoms with Gasteiger partial charge in [0, 0.05) is 27.4 Å². The van der Waals surface area contributed by atoms with Gasteiger partial charge >= 0.3 is 8.80 Å². The van der Waals surface area contributed by atoms with Gasteiger partial charge in [-0.15, -0.1) is 0 Å². The summed E-state index contributed by atoms with van der Waals surface area (Å²) in [5, 5.41) is 10.6. The summed E-state index contributed by atoms with van der Waals surface area (Å²) in [6.45, 7) is 0. The second-order valence-corrected chi connectivity index (χ2v) is 10.6. The fraction of sp³-hybridized carbons (Fsp3) is 0.200. The zero-order chi connectivity index (χ0) is 20.0. The second-order valence-electron chi connectivity index (χ2n) is 7.51. The molecular formula is C25H24O3Si. The predicted octanol–water partition coefficient (Wildman–Crippen LogP) is 6.16. The van der Waals surface area contributed by atoms with Crippen molar-refractivity contribution in [2.45, 2.75) is 12.5 Å². The molecule has 0 aliphatic carbocycles. The summed E-state index contributed by atoms with van der Waals surface area (Å²) in [6, 6.07) is 25.2. The smallest absolute Gasteiger partial charge is 0.377 e. The Morgan fingerprint density at radius 2 is 1.10 bits per heavy atom. The van der Waals surface area contributed by atoms with E-state index in [2.05, 4.69) is 66.7 Å². The molecule has 0 aromatic heterocycles. The van der Waals surface area contributed by atoms with Crippen LogP contribution in [0.2, 0.25) is 6.04 Å². The van der Waals surface area contributed by atoms with E-state index in [4.69, 9.17) is 13.3 Å². The highest BCUT2D eigenvalue weighted by Crippen LogP contribution is 2.41. The third-order valence-electron chi connectivity index (χ3n) is 6.25. The molecule has 0 bridgehead atoms. The molecule has 0 saturated heterocycles. The minimum absolute atomic E-state index is 0.751. The van der Waals surface area contributed by atoms with Gasteiger partial charge in [-0.2, -0.15) is 0 Å². The molecule has 0 aliphatic rings. The summed E-state index contributed by atoms with van der Waals surface area (Å²) in [5.74, 6) is 0. The fourth-order valence-corrected chi connectivity index (χ4v) is 6.46. The Balaban J connectivity index is 1.76. The molecule has 0 fully saturated rings. The van der Waals surface area contributed by atoms with Crippen molar-refractivity contribution in [1.29, 1.82) is 0 Å². The molecular weight excluding hydrogens is 376 g/mol. The molecule has 3 nitrogen and oxygen atoms in total. The number of hydrogen-bond acceptors (Lipinski definition) is 3. The lowest BCUT2D eigenvalue weighted by atomic mass is 9.88. The zero-order valence-electron chi connectivity index (χ0n) is 17.0. The average Bonchev–Trinajstić information content (AvgIpc) is 2.79. The first-order chi connectivity index (χ1) is 14.2. The normalized spacial score (nSPS) is 12.7. The number of rotatable bonds is 6. The summed E-state index contributed by atoms with van der Waals surface area (Å²) >= 11 is 0. The van der Waals surface area contributed by atoms with E-state index in [0.717, 1.165) is 12.5 Å². The van der Waals surface area contributed by atoms with Gasteiger partial charge in [0.25, 0.3) is 0 Å². The molecule has 5 rings (SSSR count). The molecule has 0 unspecified atom stereocenters. The molecule has 0 spiro atoms. The van der Waals surface area contributed by atoms with E-state index < -0.39 is 8.80 Å². The van der Waals surface area contributed by atoms with Crippen molar-refractivity contribution >= 4 is 51.9 Å². The molecule has 0 atom stereocenters. The van der Waals surface area contributed by atoms with Crippen molar-refractivity contribution in [2.75, 3.05) is 21.3 Å². The van der Waals surface area contributed by atoms with Gasteiger partial charge in [-0.25, -0.2) is 0 Å². The van der Waals surface area contributed by atoms with Gasteiger partial charge in [0.1, 0.15) is 0 Å². The van der Waals surface area contributed by atoms with Crippen molar-refractivity contribution in [1.82, 2.24) is 0 Å². The summed E-state index contributed by atoms with van der Waals surface area (Å²) in [7, 11) is 2.42. The fourth-order valence-electron chi connectivity index (χ4n) is 4.77. The first kappa shape index (κ1) is 18.5. The van der Waals surface area contributed by atoms with Crippen LogP contribution in [0.15, 0.2) is 66.7 Å². The zero-order valence-corrected chi connectivity index (χ0v) is 18.0. The molecule has 0 aliphatic heterocycles. The number of fused-ring (bicyclic) bond motifs is 2. The molecule has 4 heteroatoms. The Labute approximate surface area is 171 Å². The molecule has 5 aromatic carbocycles. The van der Waals surface area contributed by atoms with Crippen LogP contribution < -0.4 is 0 Å². The molecule has 0 amide bonds. The van der Waals surface area contributed by atoms with Crippen LogP contribution in [0.4, 0.5) is 0 Å². The SMILES string of the molecule is CO[Si](CCc1ccc2c3cccc4cccc(c5cccc1c52)c43)(OC)OC. The highest BCUT2D eigenvalue weighted by Gasteiger charge is 2.37. The lowest BCUT2D eigenvalue weighted by molar-refractivity contribution is 0.124. The van der Waals surface area contributed by atoms with Gasteiger partial charge in [0.2, 0.25) is 0 Å². The van der Waals surface area contributed by atoms with Crippen molar-refractivity contribution in [3.05, 3.63) is 72.3 Å². The first-order valence-corrected chi connectivity index (χ1v) is 11.9. The maximum Gasteiger partial charge on any atom is 0.500 e. The van der Waals surface area contributed by atoms with Crippen LogP contribution in [0, 0.1) is 0 Å². The van der Waals surface area contributed by atoms with Gasteiger partial charge in [-0.05, 0) is 55.1 Å². The monoisotopic (exact) mass is 400 g/mol. The molecule has 0 saturated carbocycles. The van der Waals surface area contributed by atoms with Crippen LogP contribution in [0.1, 0.15) is 5.56 Å². The lowest BCUT2D eigenvalue weighted by Crippen LogP contribution is -2.43. The van der Waals surface area contributed by atoms with Gasteiger partial charge in [0.15, 0.2) is 0 Å². The Morgan fingerprint density at radius 3 is 1.72 bits per heavy atom. The van der Waals surface area contributed by atoms with E-state index in [1.165, 1.54) is 48.7 Å². The van der Waals surface area contributed by atoms with Crippen LogP contribution in [-0.4, -0.2) is 30.1 Å². The minimum Gasteiger partial charge on any atom is -0.377 e. The second kappa shape index (κ2) is 7.08. The third kappa shape index (κ3) is 2.75. The van der Waals surface area contributed by atoms with Crippen LogP contribution in [0.25, 0.3) is 43.1 Å². The largest absolute Gasteiger partial charge is 0.500 e. The van der Waals surface area contributed by atoms with Crippen molar-refractivity contribution in [3.63, 3.8) is 0 Å². The van der Waals surface area contributed by atoms with Crippen molar-refractivity contribution in [2.24, 2.45) is 0 Å². The van der Waals surface area contributed by atoms with E-state index in [0.29, 0.717) is 0 Å². The summed E-state index contributed by atoms with van der Waals surface area (Å²) in [6.07, 6.45) is 0.855. The lowest BCUT2D eigenvalue weighted by Gasteiger charge is -2.24. The third-order valence-corrected chi connectivity index (χ3v) is 8.98. The van der Waals surface area contributed by atoms with Crippen LogP contribution in [0.5, 0.6) is 0 Å². The maximum absolute atomic E-state index is 5.63. The quantitative estimate of drug-likeness (QED) is 0.194. The first-order valence-electron chi connectivity index (χ1n) is 9.94. The highest BCUT2D eigenvalue weighted by atomic mass is 28.4. The van der Waals surface area contributed by atoms with Crippen LogP contribution in [-0.2, 0) is 19.7 Å². The van der Waals surface area contributed by atoms with E-state index in [1.54, 1.807) is 21.3 Å². The maximum atomic E-state index is 5.63. The topological polar surface area (TPSA) is 27.7 Å². The van der Waals surface area contributed by atoms with E-state index in [9.17, 15) is 0 Å². The van der Waals surface area contributed by atoms with E-state index in [1.807, 2.05) is 0 Å². The predicted molar refractivity (Wildman–Crippen MR) is 123 cm³/mol. The minimum atomic E-state index is -2.61. The summed E-state index contributed by atoms with van der Waals surface area (Å²) in [4.78, 5) is 0. The Hall–Kier alpha value is -2.50. The molecule has 29 heavy (non-hydrogen) atoms. The van der Waals surface area contributed by atoms with Gasteiger partial charge < -0.3 is 13.3 Å². The molecule has 0 heterocycles. The Kier molecular flexibility index (Phi) is 4.52. The summed E-state index contributed by atoms with van der Waals surface area (Å²) < 4.78 is 16.9. The van der Waals surface area contributed by atoms with Crippen molar-refractivity contribution < 1.29 is 13.3 Å².